The number of para-hydroxylation sites is 1. The van der Waals surface area contributed by atoms with E-state index in [2.05, 4.69) is 11.0 Å². The zero-order chi connectivity index (χ0) is 22.4. The van der Waals surface area contributed by atoms with Crippen LogP contribution in [0.2, 0.25) is 0 Å². The molecule has 31 heavy (non-hydrogen) atoms. The molecule has 0 saturated carbocycles. The van der Waals surface area contributed by atoms with Gasteiger partial charge < -0.3 is 14.5 Å². The third-order valence-electron chi connectivity index (χ3n) is 6.30. The van der Waals surface area contributed by atoms with Crippen LogP contribution < -0.4 is 4.90 Å². The lowest BCUT2D eigenvalue weighted by Crippen LogP contribution is -2.53. The fourth-order valence-corrected chi connectivity index (χ4v) is 4.67. The van der Waals surface area contributed by atoms with Gasteiger partial charge in [0.25, 0.3) is 0 Å². The molecular formula is C24H34N4O3. The smallest absolute Gasteiger partial charge is 0.244 e. The Morgan fingerprint density at radius 2 is 1.77 bits per heavy atom. The van der Waals surface area contributed by atoms with Crippen molar-refractivity contribution >= 4 is 17.5 Å². The monoisotopic (exact) mass is 426 g/mol. The van der Waals surface area contributed by atoms with Crippen molar-refractivity contribution in [2.24, 2.45) is 5.92 Å². The standard InChI is InChI=1S/C24H34N4O3/c1-18-16-27(17-19(2)31-18)24(30)21-10-14-26(15-11-21)20(3)23(29)28(13-7-12-25)22-8-5-4-6-9-22/h4-6,8-9,18-21H,7,10-11,13-17H2,1-3H3. The summed E-state index contributed by atoms with van der Waals surface area (Å²) in [5.74, 6) is 0.238. The van der Waals surface area contributed by atoms with Gasteiger partial charge in [0.2, 0.25) is 11.8 Å². The minimum absolute atomic E-state index is 0.00190. The van der Waals surface area contributed by atoms with E-state index >= 15 is 0 Å². The Morgan fingerprint density at radius 3 is 2.35 bits per heavy atom. The first-order valence-corrected chi connectivity index (χ1v) is 11.3. The van der Waals surface area contributed by atoms with Crippen molar-refractivity contribution in [1.29, 1.82) is 5.26 Å². The van der Waals surface area contributed by atoms with Crippen LogP contribution in [0.5, 0.6) is 0 Å². The number of piperidine rings is 1. The molecule has 1 aromatic rings. The Labute approximate surface area is 185 Å². The molecule has 168 valence electrons. The molecule has 0 radical (unpaired) electrons. The molecule has 0 aromatic heterocycles. The average molecular weight is 427 g/mol. The molecule has 3 atom stereocenters. The van der Waals surface area contributed by atoms with Crippen molar-refractivity contribution in [2.75, 3.05) is 37.6 Å². The highest BCUT2D eigenvalue weighted by Gasteiger charge is 2.35. The predicted molar refractivity (Wildman–Crippen MR) is 119 cm³/mol. The van der Waals surface area contributed by atoms with E-state index in [4.69, 9.17) is 10.00 Å². The number of nitriles is 1. The lowest BCUT2D eigenvalue weighted by Gasteiger charge is -2.40. The van der Waals surface area contributed by atoms with Crippen molar-refractivity contribution < 1.29 is 14.3 Å². The van der Waals surface area contributed by atoms with E-state index in [-0.39, 0.29) is 36.0 Å². The van der Waals surface area contributed by atoms with Crippen LogP contribution in [0.4, 0.5) is 5.69 Å². The number of nitrogens with zero attached hydrogens (tertiary/aromatic N) is 4. The summed E-state index contributed by atoms with van der Waals surface area (Å²) in [7, 11) is 0. The fraction of sp³-hybridized carbons (Fsp3) is 0.625. The average Bonchev–Trinajstić information content (AvgIpc) is 2.78. The summed E-state index contributed by atoms with van der Waals surface area (Å²) in [6.45, 7) is 9.09. The van der Waals surface area contributed by atoms with Gasteiger partial charge in [0, 0.05) is 31.2 Å². The van der Waals surface area contributed by atoms with Crippen LogP contribution in [0.25, 0.3) is 0 Å². The lowest BCUT2D eigenvalue weighted by molar-refractivity contribution is -0.149. The number of rotatable bonds is 6. The zero-order valence-corrected chi connectivity index (χ0v) is 18.9. The van der Waals surface area contributed by atoms with E-state index in [0.29, 0.717) is 26.1 Å². The maximum absolute atomic E-state index is 13.3. The summed E-state index contributed by atoms with van der Waals surface area (Å²) in [4.78, 5) is 32.1. The number of benzene rings is 1. The molecule has 2 fully saturated rings. The summed E-state index contributed by atoms with van der Waals surface area (Å²) >= 11 is 0. The molecule has 0 aliphatic carbocycles. The Hall–Kier alpha value is -2.43. The molecule has 2 heterocycles. The van der Waals surface area contributed by atoms with Crippen molar-refractivity contribution in [2.45, 2.75) is 58.3 Å². The molecular weight excluding hydrogens is 392 g/mol. The number of morpholine rings is 1. The van der Waals surface area contributed by atoms with Gasteiger partial charge >= 0.3 is 0 Å². The fourth-order valence-electron chi connectivity index (χ4n) is 4.67. The minimum Gasteiger partial charge on any atom is -0.372 e. The highest BCUT2D eigenvalue weighted by molar-refractivity contribution is 5.97. The molecule has 2 aliphatic rings. The van der Waals surface area contributed by atoms with Crippen LogP contribution in [-0.4, -0.2) is 72.6 Å². The number of anilines is 1. The van der Waals surface area contributed by atoms with E-state index in [0.717, 1.165) is 31.6 Å². The number of ether oxygens (including phenoxy) is 1. The first kappa shape index (κ1) is 23.2. The van der Waals surface area contributed by atoms with Crippen LogP contribution >= 0.6 is 0 Å². The first-order chi connectivity index (χ1) is 14.9. The van der Waals surface area contributed by atoms with Gasteiger partial charge in [-0.15, -0.1) is 0 Å². The molecule has 2 saturated heterocycles. The molecule has 0 spiro atoms. The molecule has 3 rings (SSSR count). The molecule has 7 heteroatoms. The Bertz CT molecular complexity index is 776. The zero-order valence-electron chi connectivity index (χ0n) is 18.9. The highest BCUT2D eigenvalue weighted by Crippen LogP contribution is 2.25. The van der Waals surface area contributed by atoms with Crippen molar-refractivity contribution in [3.63, 3.8) is 0 Å². The molecule has 0 N–H and O–H groups in total. The quantitative estimate of drug-likeness (QED) is 0.699. The first-order valence-electron chi connectivity index (χ1n) is 11.3. The van der Waals surface area contributed by atoms with Crippen LogP contribution in [0, 0.1) is 17.2 Å². The summed E-state index contributed by atoms with van der Waals surface area (Å²) in [6, 6.07) is 11.4. The second-order valence-electron chi connectivity index (χ2n) is 8.72. The number of carbonyl (C=O) groups excluding carboxylic acids is 2. The van der Waals surface area contributed by atoms with Gasteiger partial charge in [-0.3, -0.25) is 14.5 Å². The molecule has 1 aromatic carbocycles. The van der Waals surface area contributed by atoms with Gasteiger partial charge in [0.05, 0.1) is 30.7 Å². The second kappa shape index (κ2) is 10.7. The second-order valence-corrected chi connectivity index (χ2v) is 8.72. The Balaban J connectivity index is 1.58. The normalized spacial score (nSPS) is 23.7. The number of hydrogen-bond donors (Lipinski definition) is 0. The SMILES string of the molecule is CC1CN(C(=O)C2CCN(C(C)C(=O)N(CCC#N)c3ccccc3)CC2)CC(C)O1. The summed E-state index contributed by atoms with van der Waals surface area (Å²) in [5.41, 5.74) is 0.815. The molecule has 2 aliphatic heterocycles. The van der Waals surface area contributed by atoms with Crippen LogP contribution in [0.3, 0.4) is 0 Å². The number of hydrogen-bond acceptors (Lipinski definition) is 5. The van der Waals surface area contributed by atoms with E-state index < -0.39 is 0 Å². The van der Waals surface area contributed by atoms with E-state index in [9.17, 15) is 9.59 Å². The van der Waals surface area contributed by atoms with Gasteiger partial charge in [0.15, 0.2) is 0 Å². The van der Waals surface area contributed by atoms with Gasteiger partial charge in [-0.05, 0) is 58.8 Å². The van der Waals surface area contributed by atoms with Crippen molar-refractivity contribution in [1.82, 2.24) is 9.80 Å². The van der Waals surface area contributed by atoms with Gasteiger partial charge in [-0.2, -0.15) is 5.26 Å². The minimum atomic E-state index is -0.293. The molecule has 3 unspecified atom stereocenters. The van der Waals surface area contributed by atoms with Gasteiger partial charge in [-0.25, -0.2) is 0 Å². The maximum Gasteiger partial charge on any atom is 0.244 e. The van der Waals surface area contributed by atoms with E-state index in [1.165, 1.54) is 0 Å². The Morgan fingerprint density at radius 1 is 1.16 bits per heavy atom. The largest absolute Gasteiger partial charge is 0.372 e. The maximum atomic E-state index is 13.3. The van der Waals surface area contributed by atoms with Crippen LogP contribution in [0.15, 0.2) is 30.3 Å². The van der Waals surface area contributed by atoms with Crippen molar-refractivity contribution in [3.05, 3.63) is 30.3 Å². The summed E-state index contributed by atoms with van der Waals surface area (Å²) < 4.78 is 5.75. The molecule has 2 amide bonds. The van der Waals surface area contributed by atoms with E-state index in [1.54, 1.807) is 4.90 Å². The predicted octanol–water partition coefficient (Wildman–Crippen LogP) is 2.67. The number of amides is 2. The topological polar surface area (TPSA) is 76.9 Å². The lowest BCUT2D eigenvalue weighted by atomic mass is 9.93. The van der Waals surface area contributed by atoms with Crippen molar-refractivity contribution in [3.8, 4) is 6.07 Å². The highest BCUT2D eigenvalue weighted by atomic mass is 16.5. The molecule has 7 nitrogen and oxygen atoms in total. The van der Waals surface area contributed by atoms with Gasteiger partial charge in [-0.1, -0.05) is 18.2 Å². The van der Waals surface area contributed by atoms with Crippen LogP contribution in [0.1, 0.15) is 40.0 Å². The third kappa shape index (κ3) is 5.84. The number of likely N-dealkylation sites (tertiary alicyclic amines) is 1. The summed E-state index contributed by atoms with van der Waals surface area (Å²) in [6.07, 6.45) is 1.96. The Kier molecular flexibility index (Phi) is 8.05. The van der Waals surface area contributed by atoms with Gasteiger partial charge in [0.1, 0.15) is 0 Å². The third-order valence-corrected chi connectivity index (χ3v) is 6.30. The van der Waals surface area contributed by atoms with E-state index in [1.807, 2.05) is 56.0 Å². The molecule has 0 bridgehead atoms. The number of carbonyl (C=O) groups is 2. The van der Waals surface area contributed by atoms with Crippen LogP contribution in [-0.2, 0) is 14.3 Å². The summed E-state index contributed by atoms with van der Waals surface area (Å²) in [5, 5.41) is 9.01.